The Morgan fingerprint density at radius 1 is 1.40 bits per heavy atom. The monoisotopic (exact) mass is 297 g/mol. The second-order valence-electron chi connectivity index (χ2n) is 5.53. The van der Waals surface area contributed by atoms with Crippen LogP contribution in [-0.4, -0.2) is 39.6 Å². The van der Waals surface area contributed by atoms with E-state index in [2.05, 4.69) is 15.0 Å². The molecule has 1 aliphatic heterocycles. The number of hydrogen-bond acceptors (Lipinski definition) is 5. The molecule has 0 aromatic carbocycles. The van der Waals surface area contributed by atoms with Crippen LogP contribution in [-0.2, 0) is 10.0 Å². The summed E-state index contributed by atoms with van der Waals surface area (Å²) in [5, 5.41) is 3.31. The number of piperidine rings is 1. The van der Waals surface area contributed by atoms with Gasteiger partial charge in [-0.2, -0.15) is 0 Å². The van der Waals surface area contributed by atoms with Crippen LogP contribution in [0.2, 0.25) is 0 Å². The molecule has 20 heavy (non-hydrogen) atoms. The summed E-state index contributed by atoms with van der Waals surface area (Å²) in [7, 11) is -1.99. The summed E-state index contributed by atoms with van der Waals surface area (Å²) in [6.07, 6.45) is 4.36. The first-order valence-electron chi connectivity index (χ1n) is 6.79. The number of ether oxygens (including phenoxy) is 1. The summed E-state index contributed by atoms with van der Waals surface area (Å²) in [4.78, 5) is 4.13. The van der Waals surface area contributed by atoms with E-state index in [1.165, 1.54) is 19.4 Å². The van der Waals surface area contributed by atoms with Gasteiger partial charge in [0.2, 0.25) is 15.9 Å². The number of hydrogen-bond donors (Lipinski definition) is 2. The van der Waals surface area contributed by atoms with E-state index in [0.717, 1.165) is 32.4 Å². The van der Waals surface area contributed by atoms with E-state index in [-0.39, 0.29) is 16.4 Å². The molecule has 1 aromatic rings. The topological polar surface area (TPSA) is 80.3 Å². The highest BCUT2D eigenvalue weighted by atomic mass is 32.2. The first-order chi connectivity index (χ1) is 9.56. The van der Waals surface area contributed by atoms with Crippen LogP contribution in [0.25, 0.3) is 0 Å². The third-order valence-electron chi connectivity index (χ3n) is 4.32. The molecule has 1 unspecified atom stereocenters. The van der Waals surface area contributed by atoms with E-state index in [1.54, 1.807) is 6.07 Å². The molecule has 2 heterocycles. The third-order valence-corrected chi connectivity index (χ3v) is 5.77. The molecule has 1 spiro atoms. The molecule has 2 aliphatic rings. The Labute approximate surface area is 119 Å². The van der Waals surface area contributed by atoms with E-state index in [1.807, 2.05) is 0 Å². The van der Waals surface area contributed by atoms with E-state index in [9.17, 15) is 8.42 Å². The molecule has 6 nitrogen and oxygen atoms in total. The fourth-order valence-corrected chi connectivity index (χ4v) is 4.18. The van der Waals surface area contributed by atoms with Crippen LogP contribution in [0.3, 0.4) is 0 Å². The standard InChI is InChI=1S/C13H19N3O3S/c1-19-12-3-2-10(9-15-12)20(17,18)16-11-8-13(11)4-6-14-7-5-13/h2-3,9,11,14,16H,4-8H2,1H3. The van der Waals surface area contributed by atoms with Gasteiger partial charge in [0.05, 0.1) is 13.3 Å². The average Bonchev–Trinajstić information content (AvgIpc) is 3.10. The minimum atomic E-state index is -3.49. The first-order valence-corrected chi connectivity index (χ1v) is 8.27. The zero-order valence-corrected chi connectivity index (χ0v) is 12.2. The molecule has 0 radical (unpaired) electrons. The SMILES string of the molecule is COc1ccc(S(=O)(=O)NC2CC23CCNCC3)cn1. The van der Waals surface area contributed by atoms with Crippen molar-refractivity contribution in [2.75, 3.05) is 20.2 Å². The lowest BCUT2D eigenvalue weighted by atomic mass is 9.94. The molecular weight excluding hydrogens is 278 g/mol. The highest BCUT2D eigenvalue weighted by Crippen LogP contribution is 2.53. The second-order valence-corrected chi connectivity index (χ2v) is 7.24. The lowest BCUT2D eigenvalue weighted by Crippen LogP contribution is -2.36. The zero-order valence-electron chi connectivity index (χ0n) is 11.4. The van der Waals surface area contributed by atoms with Gasteiger partial charge < -0.3 is 10.1 Å². The molecule has 7 heteroatoms. The number of nitrogens with one attached hydrogen (secondary N) is 2. The summed E-state index contributed by atoms with van der Waals surface area (Å²) in [6, 6.07) is 3.14. The summed E-state index contributed by atoms with van der Waals surface area (Å²) >= 11 is 0. The lowest BCUT2D eigenvalue weighted by molar-refractivity contribution is 0.337. The molecule has 2 N–H and O–H groups in total. The highest BCUT2D eigenvalue weighted by molar-refractivity contribution is 7.89. The van der Waals surface area contributed by atoms with Crippen molar-refractivity contribution in [3.05, 3.63) is 18.3 Å². The maximum Gasteiger partial charge on any atom is 0.242 e. The van der Waals surface area contributed by atoms with Crippen LogP contribution < -0.4 is 14.8 Å². The lowest BCUT2D eigenvalue weighted by Gasteiger charge is -2.23. The number of aromatic nitrogens is 1. The Bertz CT molecular complexity index is 579. The van der Waals surface area contributed by atoms with Crippen molar-refractivity contribution in [1.29, 1.82) is 0 Å². The van der Waals surface area contributed by atoms with Crippen LogP contribution in [0, 0.1) is 5.41 Å². The van der Waals surface area contributed by atoms with Gasteiger partial charge >= 0.3 is 0 Å². The molecule has 2 fully saturated rings. The fraction of sp³-hybridized carbons (Fsp3) is 0.615. The van der Waals surface area contributed by atoms with Crippen molar-refractivity contribution in [3.63, 3.8) is 0 Å². The largest absolute Gasteiger partial charge is 0.481 e. The summed E-state index contributed by atoms with van der Waals surface area (Å²) < 4.78 is 32.3. The maximum absolute atomic E-state index is 12.3. The molecule has 1 aliphatic carbocycles. The summed E-state index contributed by atoms with van der Waals surface area (Å²) in [5.41, 5.74) is 0.179. The van der Waals surface area contributed by atoms with Crippen LogP contribution in [0.5, 0.6) is 5.88 Å². The van der Waals surface area contributed by atoms with Gasteiger partial charge in [-0.05, 0) is 43.8 Å². The Morgan fingerprint density at radius 2 is 2.15 bits per heavy atom. The highest BCUT2D eigenvalue weighted by Gasteiger charge is 2.55. The Kier molecular flexibility index (Phi) is 3.43. The van der Waals surface area contributed by atoms with Crippen molar-refractivity contribution in [3.8, 4) is 5.88 Å². The van der Waals surface area contributed by atoms with Gasteiger partial charge in [0.15, 0.2) is 0 Å². The molecule has 1 aromatic heterocycles. The minimum absolute atomic E-state index is 0.0664. The van der Waals surface area contributed by atoms with Gasteiger partial charge in [-0.3, -0.25) is 0 Å². The predicted octanol–water partition coefficient (Wildman–Crippen LogP) is 0.511. The molecule has 1 saturated heterocycles. The predicted molar refractivity (Wildman–Crippen MR) is 74.1 cm³/mol. The minimum Gasteiger partial charge on any atom is -0.481 e. The third kappa shape index (κ3) is 2.53. The fourth-order valence-electron chi connectivity index (χ4n) is 2.89. The van der Waals surface area contributed by atoms with Gasteiger partial charge in [0, 0.05) is 12.1 Å². The van der Waals surface area contributed by atoms with Crippen molar-refractivity contribution < 1.29 is 13.2 Å². The Hall–Kier alpha value is -1.18. The number of rotatable bonds is 4. The number of sulfonamides is 1. The number of methoxy groups -OCH3 is 1. The number of pyridine rings is 1. The van der Waals surface area contributed by atoms with Crippen LogP contribution in [0.4, 0.5) is 0 Å². The van der Waals surface area contributed by atoms with E-state index in [4.69, 9.17) is 4.74 Å². The quantitative estimate of drug-likeness (QED) is 0.846. The van der Waals surface area contributed by atoms with Crippen LogP contribution >= 0.6 is 0 Å². The smallest absolute Gasteiger partial charge is 0.242 e. The summed E-state index contributed by atoms with van der Waals surface area (Å²) in [5.74, 6) is 0.408. The molecule has 0 bridgehead atoms. The second kappa shape index (κ2) is 4.98. The Morgan fingerprint density at radius 3 is 2.75 bits per heavy atom. The van der Waals surface area contributed by atoms with Crippen molar-refractivity contribution in [2.45, 2.75) is 30.2 Å². The van der Waals surface area contributed by atoms with Gasteiger partial charge in [-0.15, -0.1) is 0 Å². The maximum atomic E-state index is 12.3. The van der Waals surface area contributed by atoms with Gasteiger partial charge in [-0.25, -0.2) is 18.1 Å². The van der Waals surface area contributed by atoms with Crippen LogP contribution in [0.15, 0.2) is 23.2 Å². The van der Waals surface area contributed by atoms with Crippen molar-refractivity contribution >= 4 is 10.0 Å². The molecule has 110 valence electrons. The normalized spacial score (nSPS) is 24.6. The Balaban J connectivity index is 1.70. The molecule has 0 amide bonds. The first kappa shape index (κ1) is 13.8. The van der Waals surface area contributed by atoms with Gasteiger partial charge in [-0.1, -0.05) is 0 Å². The molecule has 1 saturated carbocycles. The van der Waals surface area contributed by atoms with Crippen molar-refractivity contribution in [1.82, 2.24) is 15.0 Å². The van der Waals surface area contributed by atoms with Gasteiger partial charge in [0.25, 0.3) is 0 Å². The zero-order chi connectivity index (χ0) is 14.2. The van der Waals surface area contributed by atoms with E-state index < -0.39 is 10.0 Å². The summed E-state index contributed by atoms with van der Waals surface area (Å²) in [6.45, 7) is 1.95. The van der Waals surface area contributed by atoms with Crippen molar-refractivity contribution in [2.24, 2.45) is 5.41 Å². The molecular formula is C13H19N3O3S. The average molecular weight is 297 g/mol. The molecule has 3 rings (SSSR count). The number of nitrogens with zero attached hydrogens (tertiary/aromatic N) is 1. The molecule has 1 atom stereocenters. The van der Waals surface area contributed by atoms with Crippen LogP contribution in [0.1, 0.15) is 19.3 Å². The van der Waals surface area contributed by atoms with E-state index in [0.29, 0.717) is 5.88 Å². The van der Waals surface area contributed by atoms with E-state index >= 15 is 0 Å². The van der Waals surface area contributed by atoms with Gasteiger partial charge in [0.1, 0.15) is 4.90 Å².